The molecule has 5 rings (SSSR count). The van der Waals surface area contributed by atoms with Gasteiger partial charge in [-0.2, -0.15) is 0 Å². The third kappa shape index (κ3) is 5.08. The van der Waals surface area contributed by atoms with E-state index in [0.29, 0.717) is 29.2 Å². The van der Waals surface area contributed by atoms with Crippen LogP contribution in [0.15, 0.2) is 93.4 Å². The first kappa shape index (κ1) is 24.9. The molecule has 8 heteroatoms. The Bertz CT molecular complexity index is 1610. The number of anilines is 1. The predicted octanol–water partition coefficient (Wildman–Crippen LogP) is 6.92. The van der Waals surface area contributed by atoms with Crippen LogP contribution in [0, 0.1) is 6.92 Å². The number of halogens is 2. The minimum absolute atomic E-state index is 0.171. The summed E-state index contributed by atoms with van der Waals surface area (Å²) in [6.07, 6.45) is 1.45. The number of benzene rings is 4. The summed E-state index contributed by atoms with van der Waals surface area (Å²) in [5.41, 5.74) is 2.46. The van der Waals surface area contributed by atoms with E-state index in [4.69, 9.17) is 4.74 Å². The lowest BCUT2D eigenvalue weighted by Gasteiger charge is -2.27. The van der Waals surface area contributed by atoms with E-state index in [0.717, 1.165) is 30.2 Å². The Hall–Kier alpha value is -3.75. The standard InChI is InChI=1S/C29H20Br2N2O4/c1-17-13-21(30)9-11-25(17)33-28(35)24(27(34)32-29(33)36)15-20-14-22(31)10-12-26(20)37-16-19-7-4-6-18-5-2-3-8-23(18)19/h2-15H,16H2,1H3,(H,32,34,36)/b24-15-. The van der Waals surface area contributed by atoms with Crippen LogP contribution in [0.5, 0.6) is 5.75 Å². The van der Waals surface area contributed by atoms with Gasteiger partial charge in [0.05, 0.1) is 5.69 Å². The summed E-state index contributed by atoms with van der Waals surface area (Å²) in [4.78, 5) is 39.8. The van der Waals surface area contributed by atoms with Gasteiger partial charge in [-0.1, -0.05) is 74.3 Å². The maximum Gasteiger partial charge on any atom is 0.335 e. The van der Waals surface area contributed by atoms with Crippen molar-refractivity contribution < 1.29 is 19.1 Å². The van der Waals surface area contributed by atoms with Crippen LogP contribution in [0.1, 0.15) is 16.7 Å². The Morgan fingerprint density at radius 3 is 2.43 bits per heavy atom. The summed E-state index contributed by atoms with van der Waals surface area (Å²) in [7, 11) is 0. The molecule has 0 bridgehead atoms. The molecular formula is C29H20Br2N2O4. The first-order chi connectivity index (χ1) is 17.8. The molecule has 1 saturated heterocycles. The number of aryl methyl sites for hydroxylation is 1. The van der Waals surface area contributed by atoms with E-state index < -0.39 is 17.8 Å². The molecule has 4 aromatic rings. The summed E-state index contributed by atoms with van der Waals surface area (Å²) < 4.78 is 7.73. The zero-order valence-electron chi connectivity index (χ0n) is 19.6. The van der Waals surface area contributed by atoms with Crippen molar-refractivity contribution in [2.75, 3.05) is 4.90 Å². The van der Waals surface area contributed by atoms with Gasteiger partial charge in [-0.3, -0.25) is 14.9 Å². The van der Waals surface area contributed by atoms with Crippen LogP contribution in [-0.4, -0.2) is 17.8 Å². The fourth-order valence-electron chi connectivity index (χ4n) is 4.24. The van der Waals surface area contributed by atoms with Gasteiger partial charge in [-0.05, 0) is 71.3 Å². The van der Waals surface area contributed by atoms with E-state index in [2.05, 4.69) is 37.2 Å². The number of amides is 4. The van der Waals surface area contributed by atoms with E-state index in [1.165, 1.54) is 6.08 Å². The molecule has 37 heavy (non-hydrogen) atoms. The van der Waals surface area contributed by atoms with Crippen LogP contribution in [0.4, 0.5) is 10.5 Å². The molecule has 1 N–H and O–H groups in total. The predicted molar refractivity (Wildman–Crippen MR) is 150 cm³/mol. The van der Waals surface area contributed by atoms with Gasteiger partial charge in [0.15, 0.2) is 0 Å². The highest BCUT2D eigenvalue weighted by Gasteiger charge is 2.37. The molecule has 0 spiro atoms. The maximum atomic E-state index is 13.4. The Kier molecular flexibility index (Phi) is 6.95. The van der Waals surface area contributed by atoms with Crippen molar-refractivity contribution in [1.82, 2.24) is 5.32 Å². The number of rotatable bonds is 5. The number of ether oxygens (including phenoxy) is 1. The highest BCUT2D eigenvalue weighted by Crippen LogP contribution is 2.31. The fourth-order valence-corrected chi connectivity index (χ4v) is 5.09. The molecule has 184 valence electrons. The van der Waals surface area contributed by atoms with E-state index >= 15 is 0 Å². The lowest BCUT2D eigenvalue weighted by atomic mass is 10.0. The first-order valence-electron chi connectivity index (χ1n) is 11.4. The van der Waals surface area contributed by atoms with Crippen LogP contribution < -0.4 is 15.0 Å². The number of imide groups is 2. The number of fused-ring (bicyclic) bond motifs is 1. The van der Waals surface area contributed by atoms with Gasteiger partial charge in [-0.25, -0.2) is 9.69 Å². The Morgan fingerprint density at radius 2 is 1.62 bits per heavy atom. The molecule has 1 heterocycles. The second kappa shape index (κ2) is 10.3. The monoisotopic (exact) mass is 618 g/mol. The molecule has 0 atom stereocenters. The molecule has 1 aliphatic rings. The Labute approximate surface area is 230 Å². The topological polar surface area (TPSA) is 75.7 Å². The van der Waals surface area contributed by atoms with Gasteiger partial charge >= 0.3 is 6.03 Å². The largest absolute Gasteiger partial charge is 0.488 e. The van der Waals surface area contributed by atoms with Crippen LogP contribution >= 0.6 is 31.9 Å². The minimum atomic E-state index is -0.792. The molecule has 4 aromatic carbocycles. The van der Waals surface area contributed by atoms with Gasteiger partial charge in [0, 0.05) is 14.5 Å². The molecular weight excluding hydrogens is 600 g/mol. The lowest BCUT2D eigenvalue weighted by molar-refractivity contribution is -0.122. The number of carbonyl (C=O) groups is 3. The van der Waals surface area contributed by atoms with E-state index in [1.807, 2.05) is 48.5 Å². The zero-order chi connectivity index (χ0) is 26.1. The molecule has 0 radical (unpaired) electrons. The second-order valence-corrected chi connectivity index (χ2v) is 10.3. The Balaban J connectivity index is 1.49. The quantitative estimate of drug-likeness (QED) is 0.194. The van der Waals surface area contributed by atoms with Crippen molar-refractivity contribution in [2.24, 2.45) is 0 Å². The zero-order valence-corrected chi connectivity index (χ0v) is 22.8. The summed E-state index contributed by atoms with van der Waals surface area (Å²) in [6, 6.07) is 23.8. The number of urea groups is 1. The van der Waals surface area contributed by atoms with Crippen LogP contribution in [0.2, 0.25) is 0 Å². The third-order valence-corrected chi connectivity index (χ3v) is 7.02. The van der Waals surface area contributed by atoms with Gasteiger partial charge in [0.1, 0.15) is 17.9 Å². The van der Waals surface area contributed by atoms with Gasteiger partial charge in [0.2, 0.25) is 0 Å². The number of nitrogens with one attached hydrogen (secondary N) is 1. The van der Waals surface area contributed by atoms with Crippen molar-refractivity contribution in [3.05, 3.63) is 110 Å². The van der Waals surface area contributed by atoms with Crippen molar-refractivity contribution in [2.45, 2.75) is 13.5 Å². The van der Waals surface area contributed by atoms with Crippen molar-refractivity contribution >= 4 is 72.2 Å². The number of carbonyl (C=O) groups excluding carboxylic acids is 3. The second-order valence-electron chi connectivity index (χ2n) is 8.50. The number of hydrogen-bond acceptors (Lipinski definition) is 4. The van der Waals surface area contributed by atoms with E-state index in [-0.39, 0.29) is 5.57 Å². The molecule has 1 fully saturated rings. The molecule has 6 nitrogen and oxygen atoms in total. The molecule has 4 amide bonds. The average molecular weight is 620 g/mol. The van der Waals surface area contributed by atoms with Gasteiger partial charge in [-0.15, -0.1) is 0 Å². The smallest absolute Gasteiger partial charge is 0.335 e. The van der Waals surface area contributed by atoms with E-state index in [1.54, 1.807) is 37.3 Å². The lowest BCUT2D eigenvalue weighted by Crippen LogP contribution is -2.54. The van der Waals surface area contributed by atoms with Crippen LogP contribution in [0.25, 0.3) is 16.8 Å². The SMILES string of the molecule is Cc1cc(Br)ccc1N1C(=O)NC(=O)/C(=C/c2cc(Br)ccc2OCc2cccc3ccccc23)C1=O. The average Bonchev–Trinajstić information content (AvgIpc) is 2.87. The molecule has 1 aliphatic heterocycles. The van der Waals surface area contributed by atoms with Gasteiger partial charge in [0.25, 0.3) is 11.8 Å². The summed E-state index contributed by atoms with van der Waals surface area (Å²) in [5.74, 6) is -0.979. The van der Waals surface area contributed by atoms with Gasteiger partial charge < -0.3 is 4.74 Å². The normalized spacial score (nSPS) is 14.8. The summed E-state index contributed by atoms with van der Waals surface area (Å²) >= 11 is 6.84. The summed E-state index contributed by atoms with van der Waals surface area (Å²) in [6.45, 7) is 2.08. The van der Waals surface area contributed by atoms with Crippen molar-refractivity contribution in [3.8, 4) is 5.75 Å². The highest BCUT2D eigenvalue weighted by molar-refractivity contribution is 9.10. The number of barbiturate groups is 1. The number of hydrogen-bond donors (Lipinski definition) is 1. The van der Waals surface area contributed by atoms with Crippen LogP contribution in [0.3, 0.4) is 0 Å². The first-order valence-corrected chi connectivity index (χ1v) is 13.0. The Morgan fingerprint density at radius 1 is 0.892 bits per heavy atom. The highest BCUT2D eigenvalue weighted by atomic mass is 79.9. The minimum Gasteiger partial charge on any atom is -0.488 e. The molecule has 0 aliphatic carbocycles. The van der Waals surface area contributed by atoms with E-state index in [9.17, 15) is 14.4 Å². The maximum absolute atomic E-state index is 13.4. The number of nitrogens with zero attached hydrogens (tertiary/aromatic N) is 1. The van der Waals surface area contributed by atoms with Crippen LogP contribution in [-0.2, 0) is 16.2 Å². The molecule has 0 saturated carbocycles. The third-order valence-electron chi connectivity index (χ3n) is 6.04. The van der Waals surface area contributed by atoms with Crippen molar-refractivity contribution in [1.29, 1.82) is 0 Å². The molecule has 0 aromatic heterocycles. The molecule has 0 unspecified atom stereocenters. The summed E-state index contributed by atoms with van der Waals surface area (Å²) in [5, 5.41) is 4.47. The fraction of sp³-hybridized carbons (Fsp3) is 0.0690. The van der Waals surface area contributed by atoms with Crippen molar-refractivity contribution in [3.63, 3.8) is 0 Å².